The van der Waals surface area contributed by atoms with Crippen LogP contribution in [0.3, 0.4) is 0 Å². The van der Waals surface area contributed by atoms with Gasteiger partial charge in [0.15, 0.2) is 0 Å². The third-order valence-electron chi connectivity index (χ3n) is 0.849. The molecule has 0 radical (unpaired) electrons. The lowest BCUT2D eigenvalue weighted by atomic mass is 10.5. The summed E-state index contributed by atoms with van der Waals surface area (Å²) in [5, 5.41) is 0. The van der Waals surface area contributed by atoms with Crippen molar-refractivity contribution in [2.75, 3.05) is 13.2 Å². The molecule has 0 saturated heterocycles. The molecule has 1 unspecified atom stereocenters. The maximum Gasteiger partial charge on any atom is 0.110 e. The lowest BCUT2D eigenvalue weighted by Crippen LogP contribution is -2.08. The molecule has 0 fully saturated rings. The van der Waals surface area contributed by atoms with E-state index in [9.17, 15) is 0 Å². The van der Waals surface area contributed by atoms with E-state index in [-0.39, 0.29) is 5.44 Å². The summed E-state index contributed by atoms with van der Waals surface area (Å²) in [6.45, 7) is 3.41. The highest BCUT2D eigenvalue weighted by Crippen LogP contribution is 2.14. The highest BCUT2D eigenvalue weighted by molar-refractivity contribution is 8.68. The van der Waals surface area contributed by atoms with Gasteiger partial charge in [0.1, 0.15) is 5.44 Å². The second kappa shape index (κ2) is 6.74. The number of thiol groups is 1. The number of hydrogen-bond donors (Lipinski definition) is 2. The second-order valence-electron chi connectivity index (χ2n) is 1.69. The molecule has 2 N–H and O–H groups in total. The van der Waals surface area contributed by atoms with Gasteiger partial charge in [-0.1, -0.05) is 10.8 Å². The van der Waals surface area contributed by atoms with Crippen molar-refractivity contribution >= 4 is 22.5 Å². The van der Waals surface area contributed by atoms with E-state index >= 15 is 0 Å². The average Bonchev–Trinajstić information content (AvgIpc) is 1.89. The van der Waals surface area contributed by atoms with E-state index in [0.29, 0.717) is 6.54 Å². The van der Waals surface area contributed by atoms with Crippen LogP contribution in [0, 0.1) is 0 Å². The molecule has 9 heavy (non-hydrogen) atoms. The van der Waals surface area contributed by atoms with Gasteiger partial charge in [0, 0.05) is 6.61 Å². The summed E-state index contributed by atoms with van der Waals surface area (Å²) in [7, 11) is 1.41. The SMILES string of the molecule is CC(OCCCN)SS. The van der Waals surface area contributed by atoms with Crippen molar-refractivity contribution in [3.05, 3.63) is 0 Å². The van der Waals surface area contributed by atoms with Crippen LogP contribution in [0.25, 0.3) is 0 Å². The maximum atomic E-state index is 5.25. The zero-order valence-electron chi connectivity index (χ0n) is 5.54. The lowest BCUT2D eigenvalue weighted by Gasteiger charge is -2.07. The number of rotatable bonds is 5. The zero-order valence-corrected chi connectivity index (χ0v) is 7.25. The van der Waals surface area contributed by atoms with Gasteiger partial charge in [0.05, 0.1) is 0 Å². The van der Waals surface area contributed by atoms with Crippen LogP contribution in [0.15, 0.2) is 0 Å². The van der Waals surface area contributed by atoms with Gasteiger partial charge in [-0.2, -0.15) is 0 Å². The summed E-state index contributed by atoms with van der Waals surface area (Å²) in [6.07, 6.45) is 0.929. The molecular formula is C5H13NOS2. The molecule has 0 aromatic rings. The van der Waals surface area contributed by atoms with Crippen molar-refractivity contribution < 1.29 is 4.74 Å². The fraction of sp³-hybridized carbons (Fsp3) is 1.00. The van der Waals surface area contributed by atoms with Crippen LogP contribution < -0.4 is 5.73 Å². The zero-order chi connectivity index (χ0) is 7.11. The van der Waals surface area contributed by atoms with Crippen molar-refractivity contribution in [2.24, 2.45) is 5.73 Å². The average molecular weight is 167 g/mol. The first-order valence-corrected chi connectivity index (χ1v) is 4.86. The predicted octanol–water partition coefficient (Wildman–Crippen LogP) is 1.28. The summed E-state index contributed by atoms with van der Waals surface area (Å²) in [5.74, 6) is 0. The fourth-order valence-electron chi connectivity index (χ4n) is 0.363. The van der Waals surface area contributed by atoms with Crippen molar-refractivity contribution in [3.63, 3.8) is 0 Å². The van der Waals surface area contributed by atoms with Crippen LogP contribution in [0.5, 0.6) is 0 Å². The fourth-order valence-corrected chi connectivity index (χ4v) is 0.703. The Labute approximate surface area is 65.3 Å². The molecule has 0 aliphatic carbocycles. The first kappa shape index (κ1) is 9.62. The van der Waals surface area contributed by atoms with Gasteiger partial charge in [-0.3, -0.25) is 0 Å². The van der Waals surface area contributed by atoms with Gasteiger partial charge in [-0.05, 0) is 19.9 Å². The number of nitrogens with two attached hydrogens (primary N) is 1. The highest BCUT2D eigenvalue weighted by Gasteiger charge is 1.96. The lowest BCUT2D eigenvalue weighted by molar-refractivity contribution is 0.124. The minimum Gasteiger partial charge on any atom is -0.367 e. The molecule has 4 heteroatoms. The molecule has 0 rings (SSSR count). The molecule has 0 aromatic carbocycles. The minimum absolute atomic E-state index is 0.180. The van der Waals surface area contributed by atoms with E-state index in [4.69, 9.17) is 10.5 Å². The van der Waals surface area contributed by atoms with Gasteiger partial charge < -0.3 is 10.5 Å². The standard InChI is InChI=1S/C5H13NOS2/c1-5(9-8)7-4-2-3-6/h5,8H,2-4,6H2,1H3. The van der Waals surface area contributed by atoms with Gasteiger partial charge in [-0.15, -0.1) is 11.7 Å². The van der Waals surface area contributed by atoms with Crippen LogP contribution in [-0.4, -0.2) is 18.6 Å². The first-order valence-electron chi connectivity index (χ1n) is 2.93. The summed E-state index contributed by atoms with van der Waals surface area (Å²) < 4.78 is 5.24. The van der Waals surface area contributed by atoms with Crippen molar-refractivity contribution in [1.29, 1.82) is 0 Å². The Bertz CT molecular complexity index is 62.9. The molecule has 0 heterocycles. The molecule has 1 atom stereocenters. The summed E-state index contributed by atoms with van der Waals surface area (Å²) >= 11 is 3.98. The third-order valence-corrected chi connectivity index (χ3v) is 2.17. The Morgan fingerprint density at radius 1 is 1.78 bits per heavy atom. The molecular weight excluding hydrogens is 154 g/mol. The Hall–Kier alpha value is 0.620. The maximum absolute atomic E-state index is 5.25. The Kier molecular flexibility index (Phi) is 7.20. The van der Waals surface area contributed by atoms with Crippen LogP contribution >= 0.6 is 22.5 Å². The van der Waals surface area contributed by atoms with Crippen LogP contribution in [0.1, 0.15) is 13.3 Å². The van der Waals surface area contributed by atoms with Crippen LogP contribution in [0.4, 0.5) is 0 Å². The molecule has 0 aliphatic heterocycles. The molecule has 0 bridgehead atoms. The second-order valence-corrected chi connectivity index (χ2v) is 3.19. The third kappa shape index (κ3) is 6.51. The summed E-state index contributed by atoms with van der Waals surface area (Å²) in [5.41, 5.74) is 5.43. The van der Waals surface area contributed by atoms with Gasteiger partial charge in [-0.25, -0.2) is 0 Å². The molecule has 0 aromatic heterocycles. The van der Waals surface area contributed by atoms with E-state index in [0.717, 1.165) is 13.0 Å². The first-order chi connectivity index (χ1) is 4.31. The molecule has 0 aliphatic rings. The van der Waals surface area contributed by atoms with Gasteiger partial charge in [0.2, 0.25) is 0 Å². The summed E-state index contributed by atoms with van der Waals surface area (Å²) in [4.78, 5) is 0. The number of hydrogen-bond acceptors (Lipinski definition) is 4. The van der Waals surface area contributed by atoms with Gasteiger partial charge in [0.25, 0.3) is 0 Å². The van der Waals surface area contributed by atoms with Crippen LogP contribution in [0.2, 0.25) is 0 Å². The molecule has 0 saturated carbocycles. The van der Waals surface area contributed by atoms with Crippen LogP contribution in [-0.2, 0) is 4.74 Å². The number of ether oxygens (including phenoxy) is 1. The van der Waals surface area contributed by atoms with Gasteiger partial charge >= 0.3 is 0 Å². The quantitative estimate of drug-likeness (QED) is 0.280. The largest absolute Gasteiger partial charge is 0.367 e. The van der Waals surface area contributed by atoms with E-state index in [2.05, 4.69) is 11.7 Å². The smallest absolute Gasteiger partial charge is 0.110 e. The molecule has 0 spiro atoms. The molecule has 2 nitrogen and oxygen atoms in total. The van der Waals surface area contributed by atoms with E-state index in [1.54, 1.807) is 0 Å². The van der Waals surface area contributed by atoms with E-state index < -0.39 is 0 Å². The predicted molar refractivity (Wildman–Crippen MR) is 45.7 cm³/mol. The Balaban J connectivity index is 2.88. The van der Waals surface area contributed by atoms with Crippen molar-refractivity contribution in [1.82, 2.24) is 0 Å². The van der Waals surface area contributed by atoms with Crippen molar-refractivity contribution in [3.8, 4) is 0 Å². The Morgan fingerprint density at radius 3 is 2.89 bits per heavy atom. The monoisotopic (exact) mass is 167 g/mol. The summed E-state index contributed by atoms with van der Waals surface area (Å²) in [6, 6.07) is 0. The highest BCUT2D eigenvalue weighted by atomic mass is 33.1. The minimum atomic E-state index is 0.180. The van der Waals surface area contributed by atoms with E-state index in [1.807, 2.05) is 6.92 Å². The van der Waals surface area contributed by atoms with E-state index in [1.165, 1.54) is 10.8 Å². The normalized spacial score (nSPS) is 13.7. The topological polar surface area (TPSA) is 35.2 Å². The molecule has 0 amide bonds. The molecule has 56 valence electrons. The Morgan fingerprint density at radius 2 is 2.44 bits per heavy atom. The van der Waals surface area contributed by atoms with Crippen molar-refractivity contribution in [2.45, 2.75) is 18.8 Å².